The van der Waals surface area contributed by atoms with E-state index >= 15 is 0 Å². The Morgan fingerprint density at radius 3 is 0.734 bits per heavy atom. The zero-order valence-corrected chi connectivity index (χ0v) is 54.8. The molecule has 0 bridgehead atoms. The summed E-state index contributed by atoms with van der Waals surface area (Å²) in [5.41, 5.74) is 8.52. The minimum Gasteiger partial charge on any atom is -1.00 e. The molecule has 4 aromatic rings. The van der Waals surface area contributed by atoms with E-state index < -0.39 is 15.8 Å². The van der Waals surface area contributed by atoms with Gasteiger partial charge < -0.3 is 12.4 Å². The number of rotatable bonds is 14. The van der Waals surface area contributed by atoms with Crippen molar-refractivity contribution >= 4 is 52.9 Å². The molecular formula is C72H88AuClFeP4+4. The molecule has 8 aliphatic rings. The molecule has 20 radical (unpaired) electrons. The van der Waals surface area contributed by atoms with E-state index in [9.17, 15) is 0 Å². The van der Waals surface area contributed by atoms with E-state index in [1.165, 1.54) is 150 Å². The van der Waals surface area contributed by atoms with Gasteiger partial charge in [0.2, 0.25) is 0 Å². The van der Waals surface area contributed by atoms with Crippen LogP contribution in [-0.2, 0) is 39.4 Å². The molecule has 0 heterocycles. The van der Waals surface area contributed by atoms with Crippen LogP contribution in [0.1, 0.15) is 142 Å². The van der Waals surface area contributed by atoms with Gasteiger partial charge in [-0.05, 0) is 237 Å². The summed E-state index contributed by atoms with van der Waals surface area (Å²) in [5.74, 6) is 3.35. The minimum atomic E-state index is -0.428. The van der Waals surface area contributed by atoms with E-state index in [1.54, 1.807) is 23.2 Å². The van der Waals surface area contributed by atoms with Gasteiger partial charge in [0.15, 0.2) is 0 Å². The third-order valence-electron chi connectivity index (χ3n) is 17.0. The molecule has 7 heteroatoms. The fourth-order valence-corrected chi connectivity index (χ4v) is 27.0. The Bertz CT molecular complexity index is 1840. The summed E-state index contributed by atoms with van der Waals surface area (Å²) in [6.45, 7) is 5.06. The molecule has 2 unspecified atom stereocenters. The van der Waals surface area contributed by atoms with Crippen molar-refractivity contribution in [3.05, 3.63) is 247 Å². The fraction of sp³-hybridized carbons (Fsp3) is 0.389. The first-order chi connectivity index (χ1) is 37.7. The number of hydrogen-bond acceptors (Lipinski definition) is 0. The van der Waals surface area contributed by atoms with Gasteiger partial charge >= 0.3 is 39.4 Å². The van der Waals surface area contributed by atoms with E-state index in [0.717, 1.165) is 22.6 Å². The maximum atomic E-state index is 2.56. The molecule has 79 heavy (non-hydrogen) atoms. The van der Waals surface area contributed by atoms with Crippen molar-refractivity contribution in [2.75, 3.05) is 0 Å². The minimum absolute atomic E-state index is 0. The Morgan fingerprint density at radius 1 is 0.304 bits per heavy atom. The van der Waals surface area contributed by atoms with Crippen LogP contribution in [-0.4, -0.2) is 34.0 Å². The van der Waals surface area contributed by atoms with Crippen molar-refractivity contribution in [3.63, 3.8) is 0 Å². The van der Waals surface area contributed by atoms with Crippen molar-refractivity contribution in [1.82, 2.24) is 0 Å². The first-order valence-electron chi connectivity index (χ1n) is 29.9. The average Bonchev–Trinajstić information content (AvgIpc) is 4.40. The van der Waals surface area contributed by atoms with E-state index in [1.807, 2.05) is 64.2 Å². The summed E-state index contributed by atoms with van der Waals surface area (Å²) in [6.07, 6.45) is 64.3. The van der Waals surface area contributed by atoms with E-state index in [4.69, 9.17) is 0 Å². The fourth-order valence-electron chi connectivity index (χ4n) is 13.3. The summed E-state index contributed by atoms with van der Waals surface area (Å²) in [7, 11) is -0.977. The maximum absolute atomic E-state index is 2.56. The van der Waals surface area contributed by atoms with Crippen LogP contribution in [0.25, 0.3) is 0 Å². The second-order valence-corrected chi connectivity index (χ2v) is 32.7. The van der Waals surface area contributed by atoms with Crippen molar-refractivity contribution in [3.8, 4) is 0 Å². The van der Waals surface area contributed by atoms with Gasteiger partial charge in [0.25, 0.3) is 0 Å². The molecule has 0 spiro atoms. The van der Waals surface area contributed by atoms with Gasteiger partial charge in [-0.3, -0.25) is 0 Å². The largest absolute Gasteiger partial charge is 3.00 e. The van der Waals surface area contributed by atoms with Crippen LogP contribution in [0.2, 0.25) is 0 Å². The smallest absolute Gasteiger partial charge is 1.00 e. The Hall–Kier alpha value is 0.150. The van der Waals surface area contributed by atoms with Crippen LogP contribution < -0.4 is 33.6 Å². The second kappa shape index (κ2) is 38.3. The normalized spacial score (nSPS) is 22.2. The SMILES string of the molecule is CC([C]1[CH][CH][CH][C]1P(C1CCCCC1)C1CCCCC1)P(c1ccccc1)c1ccccc1.CC([C]1[CH][CH][CH][C]1P(C1CCCCC1)C1CCCCC1)P(c1ccccc1)c1ccccc1.[Au+3].[CH]1[CH][CH][CH][CH]1.[CH]1[CH][CH][CH][CH]1.[Cl-].[Fe+2]. The predicted molar refractivity (Wildman–Crippen MR) is 340 cm³/mol. The maximum Gasteiger partial charge on any atom is 3.00 e. The molecule has 0 aromatic heterocycles. The topological polar surface area (TPSA) is 0 Å². The van der Waals surface area contributed by atoms with Gasteiger partial charge in [0.05, 0.1) is 0 Å². The van der Waals surface area contributed by atoms with Crippen molar-refractivity contribution in [2.45, 2.75) is 176 Å². The summed E-state index contributed by atoms with van der Waals surface area (Å²) in [6, 6.07) is 45.3. The standard InChI is InChI=1S/2C31H39P2.2C5H5.Au.ClH.Fe/c2*1-25(32(26-15-6-2-7-16-26)27-17-8-3-9-18-27)30-23-14-24-31(30)33(28-19-10-4-11-20-28)29-21-12-5-13-22-29;2*1-2-4-5-3-1;;;/h2*2-3,6-9,14-18,23-25,28-29H,4-5,10-13,19-22H2,1H3;2*1-5H;;1H;/q;;;;+3;;+2/p-1. The third-order valence-corrected chi connectivity index (χ3v) is 29.7. The molecule has 0 saturated heterocycles. The summed E-state index contributed by atoms with van der Waals surface area (Å²) < 4.78 is 0. The van der Waals surface area contributed by atoms with Crippen molar-refractivity contribution in [1.29, 1.82) is 0 Å². The van der Waals surface area contributed by atoms with Gasteiger partial charge in [-0.2, -0.15) is 0 Å². The van der Waals surface area contributed by atoms with Crippen LogP contribution >= 0.6 is 31.7 Å². The van der Waals surface area contributed by atoms with Crippen LogP contribution in [0.3, 0.4) is 0 Å². The van der Waals surface area contributed by atoms with Crippen LogP contribution in [0.4, 0.5) is 0 Å². The van der Waals surface area contributed by atoms with Gasteiger partial charge in [-0.15, -0.1) is 0 Å². The molecule has 8 fully saturated rings. The first kappa shape index (κ1) is 68.3. The zero-order valence-electron chi connectivity index (χ0n) is 47.2. The molecule has 0 N–H and O–H groups in total. The Kier molecular flexibility index (Phi) is 33.1. The van der Waals surface area contributed by atoms with E-state index in [2.05, 4.69) is 174 Å². The Labute approximate surface area is 523 Å². The zero-order chi connectivity index (χ0) is 52.0. The van der Waals surface area contributed by atoms with Gasteiger partial charge in [-0.1, -0.05) is 228 Å². The van der Waals surface area contributed by atoms with Crippen LogP contribution in [0.15, 0.2) is 121 Å². The van der Waals surface area contributed by atoms with Crippen molar-refractivity contribution in [2.24, 2.45) is 0 Å². The van der Waals surface area contributed by atoms with Gasteiger partial charge in [0, 0.05) is 11.3 Å². The first-order valence-corrected chi connectivity index (χ1v) is 35.6. The number of hydrogen-bond donors (Lipinski definition) is 0. The van der Waals surface area contributed by atoms with E-state index in [-0.39, 0.29) is 67.7 Å². The number of benzene rings is 4. The molecule has 12 rings (SSSR count). The molecule has 418 valence electrons. The molecular weight excluding hydrogens is 1280 g/mol. The third kappa shape index (κ3) is 20.1. The molecule has 8 saturated carbocycles. The van der Waals surface area contributed by atoms with Crippen LogP contribution in [0.5, 0.6) is 0 Å². The molecule has 0 nitrogen and oxygen atoms in total. The van der Waals surface area contributed by atoms with Gasteiger partial charge in [0.1, 0.15) is 0 Å². The molecule has 4 aromatic carbocycles. The summed E-state index contributed by atoms with van der Waals surface area (Å²) in [4.78, 5) is 0. The monoisotopic (exact) mass is 1360 g/mol. The predicted octanol–water partition coefficient (Wildman–Crippen LogP) is 15.8. The summed E-state index contributed by atoms with van der Waals surface area (Å²) in [5, 5.41) is 6.05. The molecule has 0 amide bonds. The average molecular weight is 1370 g/mol. The quantitative estimate of drug-likeness (QED) is 0.0872. The van der Waals surface area contributed by atoms with Gasteiger partial charge in [-0.25, -0.2) is 0 Å². The Balaban J connectivity index is 0.000000209. The van der Waals surface area contributed by atoms with Crippen molar-refractivity contribution < 1.29 is 51.9 Å². The number of halogens is 1. The molecule has 0 aliphatic heterocycles. The van der Waals surface area contributed by atoms with Crippen LogP contribution in [0, 0.1) is 126 Å². The van der Waals surface area contributed by atoms with E-state index in [0.29, 0.717) is 11.3 Å². The summed E-state index contributed by atoms with van der Waals surface area (Å²) >= 11 is 0. The Morgan fingerprint density at radius 2 is 0.519 bits per heavy atom. The molecule has 8 aliphatic carbocycles. The second-order valence-electron chi connectivity index (χ2n) is 22.1. The molecule has 2 atom stereocenters.